The molecule has 4 heteroatoms. The summed E-state index contributed by atoms with van der Waals surface area (Å²) in [6, 6.07) is 5.92. The van der Waals surface area contributed by atoms with Gasteiger partial charge in [-0.15, -0.1) is 11.8 Å². The van der Waals surface area contributed by atoms with Gasteiger partial charge >= 0.3 is 0 Å². The Morgan fingerprint density at radius 3 is 2.71 bits per heavy atom. The molecule has 2 unspecified atom stereocenters. The first kappa shape index (κ1) is 14.8. The zero-order valence-electron chi connectivity index (χ0n) is 10.5. The molecule has 1 aromatic carbocycles. The SMILES string of the molecule is CCNCc1c(Cl)cccc1SC(C)C(C)O. The van der Waals surface area contributed by atoms with Crippen molar-refractivity contribution in [3.8, 4) is 0 Å². The summed E-state index contributed by atoms with van der Waals surface area (Å²) in [4.78, 5) is 1.15. The lowest BCUT2D eigenvalue weighted by Gasteiger charge is -2.17. The molecule has 0 saturated heterocycles. The van der Waals surface area contributed by atoms with Gasteiger partial charge in [-0.3, -0.25) is 0 Å². The molecule has 0 bridgehead atoms. The summed E-state index contributed by atoms with van der Waals surface area (Å²) in [5.74, 6) is 0. The molecule has 2 N–H and O–H groups in total. The number of rotatable bonds is 6. The zero-order chi connectivity index (χ0) is 12.8. The number of benzene rings is 1. The number of hydrogen-bond acceptors (Lipinski definition) is 3. The van der Waals surface area contributed by atoms with Crippen molar-refractivity contribution in [2.75, 3.05) is 6.54 Å². The minimum atomic E-state index is -0.328. The first-order valence-electron chi connectivity index (χ1n) is 5.89. The highest BCUT2D eigenvalue weighted by Gasteiger charge is 2.14. The van der Waals surface area contributed by atoms with E-state index in [2.05, 4.69) is 18.3 Å². The van der Waals surface area contributed by atoms with Gasteiger partial charge in [0, 0.05) is 21.7 Å². The predicted octanol–water partition coefficient (Wildman–Crippen LogP) is 3.31. The molecule has 2 nitrogen and oxygen atoms in total. The highest BCUT2D eigenvalue weighted by molar-refractivity contribution is 8.00. The fourth-order valence-electron chi connectivity index (χ4n) is 1.37. The van der Waals surface area contributed by atoms with E-state index in [1.807, 2.05) is 26.0 Å². The normalized spacial score (nSPS) is 14.6. The van der Waals surface area contributed by atoms with Gasteiger partial charge < -0.3 is 10.4 Å². The van der Waals surface area contributed by atoms with Crippen LogP contribution < -0.4 is 5.32 Å². The maximum atomic E-state index is 9.55. The molecule has 96 valence electrons. The summed E-state index contributed by atoms with van der Waals surface area (Å²) in [7, 11) is 0. The average molecular weight is 274 g/mol. The fourth-order valence-corrected chi connectivity index (χ4v) is 2.75. The van der Waals surface area contributed by atoms with Crippen LogP contribution in [-0.4, -0.2) is 23.0 Å². The van der Waals surface area contributed by atoms with Crippen LogP contribution in [0.4, 0.5) is 0 Å². The van der Waals surface area contributed by atoms with Crippen LogP contribution in [-0.2, 0) is 6.54 Å². The number of aliphatic hydroxyl groups is 1. The van der Waals surface area contributed by atoms with Gasteiger partial charge in [-0.2, -0.15) is 0 Å². The molecule has 2 atom stereocenters. The largest absolute Gasteiger partial charge is 0.392 e. The van der Waals surface area contributed by atoms with Crippen LogP contribution >= 0.6 is 23.4 Å². The third kappa shape index (κ3) is 4.51. The lowest BCUT2D eigenvalue weighted by Crippen LogP contribution is -2.17. The molecule has 0 spiro atoms. The van der Waals surface area contributed by atoms with E-state index in [4.69, 9.17) is 11.6 Å². The lowest BCUT2D eigenvalue weighted by atomic mass is 10.2. The second-order valence-corrected chi connectivity index (χ2v) is 5.89. The summed E-state index contributed by atoms with van der Waals surface area (Å²) >= 11 is 7.88. The van der Waals surface area contributed by atoms with E-state index in [-0.39, 0.29) is 11.4 Å². The Labute approximate surface area is 113 Å². The minimum absolute atomic E-state index is 0.161. The first-order chi connectivity index (χ1) is 8.06. The lowest BCUT2D eigenvalue weighted by molar-refractivity contribution is 0.196. The number of halogens is 1. The summed E-state index contributed by atoms with van der Waals surface area (Å²) in [6.45, 7) is 7.59. The Morgan fingerprint density at radius 1 is 1.41 bits per heavy atom. The van der Waals surface area contributed by atoms with Crippen molar-refractivity contribution in [1.82, 2.24) is 5.32 Å². The molecule has 1 aromatic rings. The van der Waals surface area contributed by atoms with Crippen LogP contribution in [0.5, 0.6) is 0 Å². The van der Waals surface area contributed by atoms with Gasteiger partial charge in [0.15, 0.2) is 0 Å². The molecule has 1 rings (SSSR count). The van der Waals surface area contributed by atoms with Crippen molar-refractivity contribution in [1.29, 1.82) is 0 Å². The van der Waals surface area contributed by atoms with Gasteiger partial charge in [-0.05, 0) is 31.2 Å². The average Bonchev–Trinajstić information content (AvgIpc) is 2.28. The highest BCUT2D eigenvalue weighted by Crippen LogP contribution is 2.32. The third-order valence-corrected chi connectivity index (χ3v) is 4.38. The quantitative estimate of drug-likeness (QED) is 0.780. The third-order valence-electron chi connectivity index (χ3n) is 2.62. The molecule has 0 fully saturated rings. The summed E-state index contributed by atoms with van der Waals surface area (Å²) in [5, 5.41) is 13.8. The van der Waals surface area contributed by atoms with Gasteiger partial charge in [0.25, 0.3) is 0 Å². The smallest absolute Gasteiger partial charge is 0.0631 e. The second-order valence-electron chi connectivity index (χ2n) is 4.06. The molecule has 0 aromatic heterocycles. The van der Waals surface area contributed by atoms with Crippen molar-refractivity contribution < 1.29 is 5.11 Å². The van der Waals surface area contributed by atoms with Crippen LogP contribution in [0.25, 0.3) is 0 Å². The van der Waals surface area contributed by atoms with Gasteiger partial charge in [-0.1, -0.05) is 31.5 Å². The van der Waals surface area contributed by atoms with Crippen molar-refractivity contribution in [3.63, 3.8) is 0 Å². The number of aliphatic hydroxyl groups excluding tert-OH is 1. The van der Waals surface area contributed by atoms with Crippen LogP contribution in [0.1, 0.15) is 26.3 Å². The molecule has 0 aliphatic carbocycles. The van der Waals surface area contributed by atoms with E-state index < -0.39 is 0 Å². The van der Waals surface area contributed by atoms with E-state index in [1.54, 1.807) is 11.8 Å². The van der Waals surface area contributed by atoms with Crippen molar-refractivity contribution in [2.24, 2.45) is 0 Å². The minimum Gasteiger partial charge on any atom is -0.392 e. The Balaban J connectivity index is 2.86. The van der Waals surface area contributed by atoms with Crippen LogP contribution in [0, 0.1) is 0 Å². The van der Waals surface area contributed by atoms with Gasteiger partial charge in [0.2, 0.25) is 0 Å². The molecular formula is C13H20ClNOS. The monoisotopic (exact) mass is 273 g/mol. The number of nitrogens with one attached hydrogen (secondary N) is 1. The molecule has 0 aliphatic heterocycles. The molecule has 0 amide bonds. The molecular weight excluding hydrogens is 254 g/mol. The summed E-state index contributed by atoms with van der Waals surface area (Å²) in [5.41, 5.74) is 1.12. The number of hydrogen-bond donors (Lipinski definition) is 2. The topological polar surface area (TPSA) is 32.3 Å². The van der Waals surface area contributed by atoms with E-state index in [9.17, 15) is 5.11 Å². The Bertz CT molecular complexity index is 357. The maximum absolute atomic E-state index is 9.55. The first-order valence-corrected chi connectivity index (χ1v) is 7.14. The Kier molecular flexibility index (Phi) is 6.34. The highest BCUT2D eigenvalue weighted by atomic mass is 35.5. The molecule has 17 heavy (non-hydrogen) atoms. The molecule has 0 heterocycles. The van der Waals surface area contributed by atoms with Gasteiger partial charge in [-0.25, -0.2) is 0 Å². The Morgan fingerprint density at radius 2 is 2.12 bits per heavy atom. The van der Waals surface area contributed by atoms with Gasteiger partial charge in [0.1, 0.15) is 0 Å². The van der Waals surface area contributed by atoms with Crippen molar-refractivity contribution in [3.05, 3.63) is 28.8 Å². The Hall–Kier alpha value is -0.220. The fraction of sp³-hybridized carbons (Fsp3) is 0.538. The second kappa shape index (κ2) is 7.27. The van der Waals surface area contributed by atoms with E-state index >= 15 is 0 Å². The summed E-state index contributed by atoms with van der Waals surface area (Å²) in [6.07, 6.45) is -0.328. The van der Waals surface area contributed by atoms with Crippen LogP contribution in [0.2, 0.25) is 5.02 Å². The molecule has 0 aliphatic rings. The van der Waals surface area contributed by atoms with Crippen molar-refractivity contribution in [2.45, 2.75) is 43.6 Å². The summed E-state index contributed by atoms with van der Waals surface area (Å²) < 4.78 is 0. The zero-order valence-corrected chi connectivity index (χ0v) is 12.1. The molecule has 0 radical (unpaired) electrons. The van der Waals surface area contributed by atoms with Crippen LogP contribution in [0.3, 0.4) is 0 Å². The van der Waals surface area contributed by atoms with Crippen LogP contribution in [0.15, 0.2) is 23.1 Å². The van der Waals surface area contributed by atoms with Gasteiger partial charge in [0.05, 0.1) is 6.10 Å². The number of thioether (sulfide) groups is 1. The van der Waals surface area contributed by atoms with E-state index in [0.717, 1.165) is 28.6 Å². The standard InChI is InChI=1S/C13H20ClNOS/c1-4-15-8-11-12(14)6-5-7-13(11)17-10(3)9(2)16/h5-7,9-10,15-16H,4,8H2,1-3H3. The maximum Gasteiger partial charge on any atom is 0.0631 e. The van der Waals surface area contributed by atoms with E-state index in [0.29, 0.717) is 0 Å². The molecule has 0 saturated carbocycles. The predicted molar refractivity (Wildman–Crippen MR) is 75.8 cm³/mol. The van der Waals surface area contributed by atoms with E-state index in [1.165, 1.54) is 0 Å². The van der Waals surface area contributed by atoms with Crippen molar-refractivity contribution >= 4 is 23.4 Å².